The number of nitro benzene ring substituents is 1. The van der Waals surface area contributed by atoms with Crippen molar-refractivity contribution in [1.29, 1.82) is 0 Å². The number of nitro groups is 1. The average Bonchev–Trinajstić information content (AvgIpc) is 3.04. The molecular weight excluding hydrogens is 419 g/mol. The highest BCUT2D eigenvalue weighted by Gasteiger charge is 2.15. The minimum atomic E-state index is -0.393. The molecular formula is C19H16Cl2N4O2S. The fraction of sp³-hybridized carbons (Fsp3) is 0.158. The third-order valence-corrected chi connectivity index (χ3v) is 5.61. The monoisotopic (exact) mass is 434 g/mol. The van der Waals surface area contributed by atoms with Gasteiger partial charge >= 0.3 is 0 Å². The Morgan fingerprint density at radius 3 is 2.61 bits per heavy atom. The van der Waals surface area contributed by atoms with Crippen molar-refractivity contribution < 1.29 is 4.92 Å². The number of aromatic nitrogens is 1. The number of rotatable bonds is 4. The van der Waals surface area contributed by atoms with E-state index in [0.29, 0.717) is 31.7 Å². The first-order valence-corrected chi connectivity index (χ1v) is 9.85. The van der Waals surface area contributed by atoms with E-state index in [2.05, 4.69) is 10.1 Å². The summed E-state index contributed by atoms with van der Waals surface area (Å²) in [6.07, 6.45) is 0. The summed E-state index contributed by atoms with van der Waals surface area (Å²) in [7, 11) is 1.68. The Labute approximate surface area is 175 Å². The zero-order chi connectivity index (χ0) is 20.4. The number of hydrogen-bond acceptors (Lipinski definition) is 5. The van der Waals surface area contributed by atoms with Gasteiger partial charge in [0.2, 0.25) is 4.80 Å². The second kappa shape index (κ2) is 8.26. The summed E-state index contributed by atoms with van der Waals surface area (Å²) < 4.78 is 1.68. The van der Waals surface area contributed by atoms with Crippen LogP contribution in [0.3, 0.4) is 0 Å². The highest BCUT2D eigenvalue weighted by atomic mass is 35.5. The SMILES string of the molecule is CN=c1scc(-c2ccc(Cl)cc2Cl)n1N=C(C)c1ccc(C)c([N+](=O)[O-])c1. The fourth-order valence-electron chi connectivity index (χ4n) is 2.67. The lowest BCUT2D eigenvalue weighted by Gasteiger charge is -2.08. The molecule has 0 unspecified atom stereocenters. The van der Waals surface area contributed by atoms with Crippen LogP contribution < -0.4 is 4.80 Å². The third-order valence-electron chi connectivity index (χ3n) is 4.16. The van der Waals surface area contributed by atoms with Gasteiger partial charge in [-0.1, -0.05) is 35.3 Å². The number of aryl methyl sites for hydroxylation is 1. The van der Waals surface area contributed by atoms with E-state index in [9.17, 15) is 10.1 Å². The van der Waals surface area contributed by atoms with Gasteiger partial charge < -0.3 is 0 Å². The van der Waals surface area contributed by atoms with Gasteiger partial charge in [0.15, 0.2) is 0 Å². The van der Waals surface area contributed by atoms with E-state index in [1.165, 1.54) is 17.4 Å². The van der Waals surface area contributed by atoms with Gasteiger partial charge in [-0.15, -0.1) is 11.3 Å². The Hall–Kier alpha value is -2.48. The van der Waals surface area contributed by atoms with Crippen LogP contribution in [0.2, 0.25) is 10.0 Å². The summed E-state index contributed by atoms with van der Waals surface area (Å²) in [6.45, 7) is 3.50. The van der Waals surface area contributed by atoms with Gasteiger partial charge in [0, 0.05) is 40.2 Å². The summed E-state index contributed by atoms with van der Waals surface area (Å²) in [4.78, 5) is 15.8. The molecule has 1 aromatic heterocycles. The summed E-state index contributed by atoms with van der Waals surface area (Å²) >= 11 is 13.8. The van der Waals surface area contributed by atoms with Crippen LogP contribution in [0.4, 0.5) is 5.69 Å². The zero-order valence-electron chi connectivity index (χ0n) is 15.3. The molecule has 0 atom stereocenters. The molecule has 3 aromatic rings. The van der Waals surface area contributed by atoms with Crippen molar-refractivity contribution in [2.45, 2.75) is 13.8 Å². The molecule has 0 spiro atoms. The van der Waals surface area contributed by atoms with E-state index in [-0.39, 0.29) is 5.69 Å². The zero-order valence-corrected chi connectivity index (χ0v) is 17.6. The number of nitrogens with zero attached hydrogens (tertiary/aromatic N) is 4. The summed E-state index contributed by atoms with van der Waals surface area (Å²) in [5, 5.41) is 18.9. The number of hydrogen-bond donors (Lipinski definition) is 0. The maximum Gasteiger partial charge on any atom is 0.272 e. The first-order valence-electron chi connectivity index (χ1n) is 8.21. The predicted molar refractivity (Wildman–Crippen MR) is 115 cm³/mol. The smallest absolute Gasteiger partial charge is 0.261 e. The lowest BCUT2D eigenvalue weighted by atomic mass is 10.1. The van der Waals surface area contributed by atoms with Crippen LogP contribution in [0.15, 0.2) is 51.9 Å². The van der Waals surface area contributed by atoms with Crippen LogP contribution >= 0.6 is 34.5 Å². The quantitative estimate of drug-likeness (QED) is 0.307. The van der Waals surface area contributed by atoms with Gasteiger partial charge in [0.1, 0.15) is 0 Å². The maximum absolute atomic E-state index is 11.2. The lowest BCUT2D eigenvalue weighted by Crippen LogP contribution is -2.14. The van der Waals surface area contributed by atoms with E-state index >= 15 is 0 Å². The number of halogens is 2. The van der Waals surface area contributed by atoms with Crippen LogP contribution in [0.1, 0.15) is 18.1 Å². The Morgan fingerprint density at radius 2 is 1.96 bits per heavy atom. The van der Waals surface area contributed by atoms with Crippen molar-refractivity contribution >= 4 is 45.9 Å². The van der Waals surface area contributed by atoms with Crippen molar-refractivity contribution in [2.24, 2.45) is 10.1 Å². The second-order valence-corrected chi connectivity index (χ2v) is 7.69. The van der Waals surface area contributed by atoms with Crippen molar-refractivity contribution in [3.8, 4) is 11.3 Å². The van der Waals surface area contributed by atoms with E-state index in [0.717, 1.165) is 11.3 Å². The van der Waals surface area contributed by atoms with E-state index < -0.39 is 4.92 Å². The first kappa shape index (κ1) is 20.3. The molecule has 0 saturated carbocycles. The average molecular weight is 435 g/mol. The summed E-state index contributed by atoms with van der Waals surface area (Å²) in [5.74, 6) is 0. The molecule has 28 heavy (non-hydrogen) atoms. The van der Waals surface area contributed by atoms with E-state index in [1.54, 1.807) is 43.8 Å². The van der Waals surface area contributed by atoms with Gasteiger partial charge in [-0.2, -0.15) is 5.10 Å². The topological polar surface area (TPSA) is 72.8 Å². The number of thiazole rings is 1. The van der Waals surface area contributed by atoms with Crippen LogP contribution in [-0.2, 0) is 0 Å². The van der Waals surface area contributed by atoms with Crippen LogP contribution in [0.25, 0.3) is 11.3 Å². The van der Waals surface area contributed by atoms with Crippen molar-refractivity contribution in [3.63, 3.8) is 0 Å². The first-order chi connectivity index (χ1) is 13.3. The van der Waals surface area contributed by atoms with E-state index in [4.69, 9.17) is 23.2 Å². The van der Waals surface area contributed by atoms with Gasteiger partial charge in [0.25, 0.3) is 5.69 Å². The molecule has 0 saturated heterocycles. The minimum Gasteiger partial charge on any atom is -0.261 e. The Balaban J connectivity index is 2.15. The van der Waals surface area contributed by atoms with Gasteiger partial charge in [-0.05, 0) is 32.0 Å². The lowest BCUT2D eigenvalue weighted by molar-refractivity contribution is -0.385. The third kappa shape index (κ3) is 4.01. The van der Waals surface area contributed by atoms with E-state index in [1.807, 2.05) is 17.5 Å². The fourth-order valence-corrected chi connectivity index (χ4v) is 3.96. The highest BCUT2D eigenvalue weighted by molar-refractivity contribution is 7.07. The molecule has 9 heteroatoms. The Morgan fingerprint density at radius 1 is 1.21 bits per heavy atom. The highest BCUT2D eigenvalue weighted by Crippen LogP contribution is 2.31. The molecule has 1 heterocycles. The molecule has 0 aliphatic heterocycles. The second-order valence-electron chi connectivity index (χ2n) is 6.01. The van der Waals surface area contributed by atoms with Gasteiger partial charge in [0.05, 0.1) is 21.4 Å². The van der Waals surface area contributed by atoms with Crippen molar-refractivity contribution in [3.05, 3.63) is 77.9 Å². The molecule has 0 bridgehead atoms. The summed E-state index contributed by atoms with van der Waals surface area (Å²) in [5.41, 5.74) is 3.46. The molecule has 0 radical (unpaired) electrons. The standard InChI is InChI=1S/C19H16Cl2N4O2S/c1-11-4-5-13(8-17(11)25(26)27)12(2)23-24-18(10-28-19(24)22-3)15-7-6-14(20)9-16(15)21/h4-10H,1-3H3. The molecule has 0 N–H and O–H groups in total. The largest absolute Gasteiger partial charge is 0.272 e. The molecule has 3 rings (SSSR count). The minimum absolute atomic E-state index is 0.0590. The van der Waals surface area contributed by atoms with Crippen molar-refractivity contribution in [2.75, 3.05) is 7.05 Å². The Kier molecular flexibility index (Phi) is 5.98. The molecule has 6 nitrogen and oxygen atoms in total. The van der Waals surface area contributed by atoms with Crippen LogP contribution in [-0.4, -0.2) is 22.4 Å². The predicted octanol–water partition coefficient (Wildman–Crippen LogP) is 5.54. The van der Waals surface area contributed by atoms with Crippen molar-refractivity contribution in [1.82, 2.24) is 4.68 Å². The molecule has 0 amide bonds. The van der Waals surface area contributed by atoms with Gasteiger partial charge in [-0.3, -0.25) is 15.1 Å². The normalized spacial score (nSPS) is 12.5. The molecule has 2 aromatic carbocycles. The molecule has 0 aliphatic carbocycles. The Bertz CT molecular complexity index is 1160. The van der Waals surface area contributed by atoms with Crippen LogP contribution in [0, 0.1) is 17.0 Å². The van der Waals surface area contributed by atoms with Gasteiger partial charge in [-0.25, -0.2) is 4.68 Å². The van der Waals surface area contributed by atoms with Crippen LogP contribution in [0.5, 0.6) is 0 Å². The summed E-state index contributed by atoms with van der Waals surface area (Å²) in [6, 6.07) is 10.3. The molecule has 0 fully saturated rings. The maximum atomic E-state index is 11.2. The number of benzene rings is 2. The molecule has 0 aliphatic rings. The molecule has 144 valence electrons.